The number of imide groups is 2. The lowest BCUT2D eigenvalue weighted by Crippen LogP contribution is -2.58. The molecule has 1 aromatic rings. The van der Waals surface area contributed by atoms with E-state index in [-0.39, 0.29) is 18.7 Å². The minimum absolute atomic E-state index is 0.124. The third kappa shape index (κ3) is 3.06. The molecule has 5 heterocycles. The molecule has 5 aliphatic rings. The molecule has 9 heteroatoms. The number of anilines is 1. The predicted octanol–water partition coefficient (Wildman–Crippen LogP) is -0.0398. The Morgan fingerprint density at radius 3 is 2.28 bits per heavy atom. The Morgan fingerprint density at radius 2 is 1.62 bits per heavy atom. The van der Waals surface area contributed by atoms with Gasteiger partial charge in [-0.25, -0.2) is 0 Å². The first-order valence-corrected chi connectivity index (χ1v) is 11.6. The Balaban J connectivity index is 1.21. The summed E-state index contributed by atoms with van der Waals surface area (Å²) in [6.45, 7) is 5.24. The zero-order valence-corrected chi connectivity index (χ0v) is 17.9. The van der Waals surface area contributed by atoms with Gasteiger partial charge < -0.3 is 10.2 Å². The van der Waals surface area contributed by atoms with Crippen LogP contribution in [0, 0.1) is 5.92 Å². The van der Waals surface area contributed by atoms with Crippen molar-refractivity contribution in [3.63, 3.8) is 0 Å². The second-order valence-corrected chi connectivity index (χ2v) is 9.69. The number of amides is 4. The van der Waals surface area contributed by atoms with Crippen molar-refractivity contribution in [3.8, 4) is 0 Å². The minimum atomic E-state index is -0.927. The Kier molecular flexibility index (Phi) is 4.58. The van der Waals surface area contributed by atoms with Crippen molar-refractivity contribution in [3.05, 3.63) is 29.3 Å². The number of nitrogens with one attached hydrogen (secondary N) is 2. The van der Waals surface area contributed by atoms with E-state index in [2.05, 4.69) is 20.4 Å². The Hall–Kier alpha value is -2.78. The van der Waals surface area contributed by atoms with Crippen LogP contribution in [0.5, 0.6) is 0 Å². The summed E-state index contributed by atoms with van der Waals surface area (Å²) in [6.07, 6.45) is 2.70. The molecule has 4 saturated heterocycles. The van der Waals surface area contributed by atoms with Gasteiger partial charge in [-0.3, -0.25) is 34.3 Å². The van der Waals surface area contributed by atoms with Crippen molar-refractivity contribution in [2.24, 2.45) is 5.92 Å². The molecular weight excluding hydrogens is 410 g/mol. The van der Waals surface area contributed by atoms with Crippen molar-refractivity contribution < 1.29 is 19.2 Å². The largest absolute Gasteiger partial charge is 0.368 e. The zero-order valence-electron chi connectivity index (χ0n) is 17.9. The molecule has 0 spiro atoms. The fraction of sp³-hybridized carbons (Fsp3) is 0.565. The standard InChI is InChI=1S/C23H27N5O4/c29-20-6-5-19(21(30)25-20)28-22(31)17-4-3-14(7-18(17)23(28)32)26-11-15-1-2-16(12-26)27(15)10-13-8-24-9-13/h3-4,7,13,15-16,19,24H,1-2,5-6,8-12H2,(H,25,29,30). The molecular formula is C23H27N5O4. The lowest BCUT2D eigenvalue weighted by molar-refractivity contribution is -0.136. The molecule has 2 N–H and O–H groups in total. The van der Waals surface area contributed by atoms with E-state index in [1.807, 2.05) is 12.1 Å². The number of hydrogen-bond donors (Lipinski definition) is 2. The van der Waals surface area contributed by atoms with Gasteiger partial charge in [-0.15, -0.1) is 0 Å². The molecule has 4 fully saturated rings. The van der Waals surface area contributed by atoms with Gasteiger partial charge in [0.25, 0.3) is 11.8 Å². The molecule has 4 amide bonds. The highest BCUT2D eigenvalue weighted by molar-refractivity contribution is 6.23. The highest BCUT2D eigenvalue weighted by Gasteiger charge is 2.45. The quantitative estimate of drug-likeness (QED) is 0.638. The van der Waals surface area contributed by atoms with Crippen molar-refractivity contribution in [1.82, 2.24) is 20.4 Å². The number of hydrogen-bond acceptors (Lipinski definition) is 7. The Morgan fingerprint density at radius 1 is 0.906 bits per heavy atom. The molecule has 32 heavy (non-hydrogen) atoms. The maximum Gasteiger partial charge on any atom is 0.262 e. The van der Waals surface area contributed by atoms with Crippen molar-refractivity contribution in [2.45, 2.75) is 43.8 Å². The molecule has 5 aliphatic heterocycles. The maximum atomic E-state index is 13.1. The van der Waals surface area contributed by atoms with Crippen LogP contribution in [0.1, 0.15) is 46.4 Å². The number of benzene rings is 1. The number of carbonyl (C=O) groups excluding carboxylic acids is 4. The molecule has 0 saturated carbocycles. The van der Waals surface area contributed by atoms with E-state index in [0.29, 0.717) is 23.2 Å². The summed E-state index contributed by atoms with van der Waals surface area (Å²) in [5.41, 5.74) is 1.65. The Labute approximate surface area is 186 Å². The average Bonchev–Trinajstić information content (AvgIpc) is 3.12. The summed E-state index contributed by atoms with van der Waals surface area (Å²) >= 11 is 0. The number of fused-ring (bicyclic) bond motifs is 3. The van der Waals surface area contributed by atoms with Gasteiger partial charge in [-0.05, 0) is 43.4 Å². The van der Waals surface area contributed by atoms with Gasteiger partial charge in [0.05, 0.1) is 11.1 Å². The maximum absolute atomic E-state index is 13.1. The Bertz CT molecular complexity index is 1010. The molecule has 168 valence electrons. The first-order valence-electron chi connectivity index (χ1n) is 11.6. The van der Waals surface area contributed by atoms with E-state index in [1.165, 1.54) is 12.8 Å². The van der Waals surface area contributed by atoms with E-state index < -0.39 is 23.8 Å². The molecule has 3 unspecified atom stereocenters. The number of nitrogens with zero attached hydrogens (tertiary/aromatic N) is 3. The van der Waals surface area contributed by atoms with Gasteiger partial charge in [0, 0.05) is 56.9 Å². The van der Waals surface area contributed by atoms with Crippen LogP contribution in [-0.2, 0) is 9.59 Å². The van der Waals surface area contributed by atoms with Crippen molar-refractivity contribution >= 4 is 29.3 Å². The second-order valence-electron chi connectivity index (χ2n) is 9.69. The molecule has 0 radical (unpaired) electrons. The topological polar surface area (TPSA) is 102 Å². The van der Waals surface area contributed by atoms with Crippen LogP contribution < -0.4 is 15.5 Å². The normalized spacial score (nSPS) is 30.6. The number of piperidine rings is 1. The molecule has 2 bridgehead atoms. The summed E-state index contributed by atoms with van der Waals surface area (Å²) in [5, 5.41) is 5.60. The molecule has 0 aromatic heterocycles. The van der Waals surface area contributed by atoms with E-state index >= 15 is 0 Å². The summed E-state index contributed by atoms with van der Waals surface area (Å²) in [4.78, 5) is 55.8. The zero-order chi connectivity index (χ0) is 22.0. The van der Waals surface area contributed by atoms with Crippen LogP contribution >= 0.6 is 0 Å². The summed E-state index contributed by atoms with van der Waals surface area (Å²) in [6, 6.07) is 5.57. The lowest BCUT2D eigenvalue weighted by Gasteiger charge is -2.44. The van der Waals surface area contributed by atoms with E-state index in [0.717, 1.165) is 49.2 Å². The highest BCUT2D eigenvalue weighted by Crippen LogP contribution is 2.36. The fourth-order valence-corrected chi connectivity index (χ4v) is 5.93. The number of piperazine rings is 1. The van der Waals surface area contributed by atoms with Gasteiger partial charge in [0.2, 0.25) is 11.8 Å². The van der Waals surface area contributed by atoms with Crippen LogP contribution in [-0.4, -0.2) is 84.3 Å². The van der Waals surface area contributed by atoms with E-state index in [1.54, 1.807) is 6.07 Å². The van der Waals surface area contributed by atoms with Crippen LogP contribution in [0.4, 0.5) is 5.69 Å². The van der Waals surface area contributed by atoms with E-state index in [9.17, 15) is 19.2 Å². The molecule has 9 nitrogen and oxygen atoms in total. The smallest absolute Gasteiger partial charge is 0.262 e. The number of carbonyl (C=O) groups is 4. The van der Waals surface area contributed by atoms with Gasteiger partial charge in [0.1, 0.15) is 6.04 Å². The predicted molar refractivity (Wildman–Crippen MR) is 115 cm³/mol. The average molecular weight is 438 g/mol. The van der Waals surface area contributed by atoms with Gasteiger partial charge in [0.15, 0.2) is 0 Å². The first-order chi connectivity index (χ1) is 15.5. The minimum Gasteiger partial charge on any atom is -0.368 e. The molecule has 0 aliphatic carbocycles. The fourth-order valence-electron chi connectivity index (χ4n) is 5.93. The van der Waals surface area contributed by atoms with Crippen LogP contribution in [0.2, 0.25) is 0 Å². The van der Waals surface area contributed by atoms with Gasteiger partial charge in [-0.1, -0.05) is 0 Å². The monoisotopic (exact) mass is 437 g/mol. The molecule has 6 rings (SSSR count). The van der Waals surface area contributed by atoms with E-state index in [4.69, 9.17) is 0 Å². The van der Waals surface area contributed by atoms with Gasteiger partial charge in [-0.2, -0.15) is 0 Å². The van der Waals surface area contributed by atoms with Crippen molar-refractivity contribution in [1.29, 1.82) is 0 Å². The molecule has 3 atom stereocenters. The van der Waals surface area contributed by atoms with Crippen LogP contribution in [0.25, 0.3) is 0 Å². The molecule has 1 aromatic carbocycles. The lowest BCUT2D eigenvalue weighted by atomic mass is 10.0. The van der Waals surface area contributed by atoms with Crippen LogP contribution in [0.3, 0.4) is 0 Å². The third-order valence-electron chi connectivity index (χ3n) is 7.76. The van der Waals surface area contributed by atoms with Gasteiger partial charge >= 0.3 is 0 Å². The summed E-state index contributed by atoms with van der Waals surface area (Å²) < 4.78 is 0. The van der Waals surface area contributed by atoms with Crippen LogP contribution in [0.15, 0.2) is 18.2 Å². The summed E-state index contributed by atoms with van der Waals surface area (Å²) in [7, 11) is 0. The second kappa shape index (κ2) is 7.38. The SMILES string of the molecule is O=C1CCC(N2C(=O)c3ccc(N4CC5CCC(C4)N5CC4CNC4)cc3C2=O)C(=O)N1. The first kappa shape index (κ1) is 19.9. The number of rotatable bonds is 4. The highest BCUT2D eigenvalue weighted by atomic mass is 16.2. The van der Waals surface area contributed by atoms with Crippen molar-refractivity contribution in [2.75, 3.05) is 37.6 Å². The third-order valence-corrected chi connectivity index (χ3v) is 7.76. The summed E-state index contributed by atoms with van der Waals surface area (Å²) in [5.74, 6) is -1.09.